The predicted octanol–water partition coefficient (Wildman–Crippen LogP) is 0.754. The predicted molar refractivity (Wildman–Crippen MR) is 67.8 cm³/mol. The third-order valence-electron chi connectivity index (χ3n) is 3.01. The topological polar surface area (TPSA) is 80.0 Å². The maximum Gasteiger partial charge on any atom is 0.244 e. The lowest BCUT2D eigenvalue weighted by molar-refractivity contribution is -0.124. The van der Waals surface area contributed by atoms with Gasteiger partial charge in [-0.2, -0.15) is 5.10 Å². The Kier molecular flexibility index (Phi) is 6.35. The molecule has 6 nitrogen and oxygen atoms in total. The number of nitrogens with one attached hydrogen (secondary N) is 1. The van der Waals surface area contributed by atoms with Crippen molar-refractivity contribution in [2.45, 2.75) is 39.2 Å². The standard InChI is InChI=1S/C12H22N4O2/c1-3-4-11(5-6-17)7-14-12(18)10(2)16-9-13-8-15-16/h8-11,17H,3-7H2,1-2H3,(H,14,18). The van der Waals surface area contributed by atoms with Crippen molar-refractivity contribution in [1.82, 2.24) is 20.1 Å². The maximum absolute atomic E-state index is 11.9. The number of hydrogen-bond donors (Lipinski definition) is 2. The van der Waals surface area contributed by atoms with Crippen LogP contribution in [-0.4, -0.2) is 38.9 Å². The van der Waals surface area contributed by atoms with Crippen molar-refractivity contribution in [3.8, 4) is 0 Å². The zero-order valence-corrected chi connectivity index (χ0v) is 11.0. The van der Waals surface area contributed by atoms with E-state index < -0.39 is 0 Å². The summed E-state index contributed by atoms with van der Waals surface area (Å²) in [5, 5.41) is 15.8. The molecule has 6 heteroatoms. The summed E-state index contributed by atoms with van der Waals surface area (Å²) < 4.78 is 1.52. The quantitative estimate of drug-likeness (QED) is 0.717. The molecule has 0 aliphatic rings. The van der Waals surface area contributed by atoms with Crippen LogP contribution in [0, 0.1) is 5.92 Å². The Morgan fingerprint density at radius 1 is 1.50 bits per heavy atom. The first kappa shape index (κ1) is 14.6. The molecular formula is C12H22N4O2. The number of aliphatic hydroxyl groups is 1. The lowest BCUT2D eigenvalue weighted by Gasteiger charge is -2.17. The molecule has 0 saturated carbocycles. The van der Waals surface area contributed by atoms with E-state index in [9.17, 15) is 4.79 Å². The first-order valence-corrected chi connectivity index (χ1v) is 6.41. The lowest BCUT2D eigenvalue weighted by Crippen LogP contribution is -2.35. The zero-order valence-electron chi connectivity index (χ0n) is 11.0. The summed E-state index contributed by atoms with van der Waals surface area (Å²) in [7, 11) is 0. The van der Waals surface area contributed by atoms with Crippen LogP contribution in [0.25, 0.3) is 0 Å². The van der Waals surface area contributed by atoms with Gasteiger partial charge in [-0.1, -0.05) is 13.3 Å². The number of aromatic nitrogens is 3. The van der Waals surface area contributed by atoms with Crippen molar-refractivity contribution in [1.29, 1.82) is 0 Å². The molecule has 2 N–H and O–H groups in total. The first-order chi connectivity index (χ1) is 8.69. The van der Waals surface area contributed by atoms with E-state index in [1.54, 1.807) is 6.92 Å². The van der Waals surface area contributed by atoms with Crippen molar-refractivity contribution in [3.63, 3.8) is 0 Å². The van der Waals surface area contributed by atoms with Gasteiger partial charge >= 0.3 is 0 Å². The van der Waals surface area contributed by atoms with Crippen LogP contribution in [0.4, 0.5) is 0 Å². The number of hydrogen-bond acceptors (Lipinski definition) is 4. The summed E-state index contributed by atoms with van der Waals surface area (Å²) in [5.41, 5.74) is 0. The highest BCUT2D eigenvalue weighted by molar-refractivity contribution is 5.79. The van der Waals surface area contributed by atoms with Crippen molar-refractivity contribution >= 4 is 5.91 Å². The van der Waals surface area contributed by atoms with Crippen LogP contribution in [0.15, 0.2) is 12.7 Å². The zero-order chi connectivity index (χ0) is 13.4. The summed E-state index contributed by atoms with van der Waals surface area (Å²) in [6.45, 7) is 4.65. The van der Waals surface area contributed by atoms with Gasteiger partial charge in [0.05, 0.1) is 0 Å². The lowest BCUT2D eigenvalue weighted by atomic mass is 10.0. The monoisotopic (exact) mass is 254 g/mol. The average molecular weight is 254 g/mol. The van der Waals surface area contributed by atoms with Crippen LogP contribution < -0.4 is 5.32 Å². The fourth-order valence-corrected chi connectivity index (χ4v) is 1.87. The molecule has 0 aliphatic heterocycles. The van der Waals surface area contributed by atoms with Gasteiger partial charge in [0.1, 0.15) is 18.7 Å². The molecule has 0 saturated heterocycles. The van der Waals surface area contributed by atoms with E-state index in [-0.39, 0.29) is 18.6 Å². The van der Waals surface area contributed by atoms with Crippen molar-refractivity contribution in [3.05, 3.63) is 12.7 Å². The summed E-state index contributed by atoms with van der Waals surface area (Å²) in [6, 6.07) is -0.357. The summed E-state index contributed by atoms with van der Waals surface area (Å²) in [6.07, 6.45) is 5.74. The van der Waals surface area contributed by atoms with E-state index in [1.165, 1.54) is 17.3 Å². The van der Waals surface area contributed by atoms with Crippen LogP contribution in [0.1, 0.15) is 39.2 Å². The Bertz CT molecular complexity index is 334. The van der Waals surface area contributed by atoms with E-state index in [0.29, 0.717) is 12.5 Å². The minimum absolute atomic E-state index is 0.0699. The van der Waals surface area contributed by atoms with Crippen molar-refractivity contribution in [2.75, 3.05) is 13.2 Å². The molecule has 0 bridgehead atoms. The second-order valence-corrected chi connectivity index (χ2v) is 4.46. The van der Waals surface area contributed by atoms with E-state index >= 15 is 0 Å². The summed E-state index contributed by atoms with van der Waals surface area (Å²) in [5.74, 6) is 0.270. The highest BCUT2D eigenvalue weighted by atomic mass is 16.3. The molecule has 1 heterocycles. The van der Waals surface area contributed by atoms with Gasteiger partial charge in [-0.05, 0) is 25.7 Å². The largest absolute Gasteiger partial charge is 0.396 e. The molecule has 2 unspecified atom stereocenters. The smallest absolute Gasteiger partial charge is 0.244 e. The molecule has 0 aliphatic carbocycles. The van der Waals surface area contributed by atoms with E-state index in [0.717, 1.165) is 19.3 Å². The number of carbonyl (C=O) groups excluding carboxylic acids is 1. The number of carbonyl (C=O) groups is 1. The van der Waals surface area contributed by atoms with Gasteiger partial charge in [-0.25, -0.2) is 9.67 Å². The Hall–Kier alpha value is -1.43. The molecule has 0 spiro atoms. The van der Waals surface area contributed by atoms with Crippen LogP contribution in [0.3, 0.4) is 0 Å². The molecule has 2 atom stereocenters. The fraction of sp³-hybridized carbons (Fsp3) is 0.750. The van der Waals surface area contributed by atoms with Gasteiger partial charge in [0, 0.05) is 13.2 Å². The van der Waals surface area contributed by atoms with Gasteiger partial charge in [0.25, 0.3) is 0 Å². The highest BCUT2D eigenvalue weighted by Crippen LogP contribution is 2.10. The Labute approximate surface area is 107 Å². The van der Waals surface area contributed by atoms with E-state index in [4.69, 9.17) is 5.11 Å². The summed E-state index contributed by atoms with van der Waals surface area (Å²) in [4.78, 5) is 15.7. The molecule has 1 amide bonds. The molecule has 1 rings (SSSR count). The SMILES string of the molecule is CCCC(CCO)CNC(=O)C(C)n1cncn1. The number of nitrogens with zero attached hydrogens (tertiary/aromatic N) is 3. The number of aliphatic hydroxyl groups excluding tert-OH is 1. The number of amides is 1. The minimum atomic E-state index is -0.357. The Balaban J connectivity index is 2.39. The third kappa shape index (κ3) is 4.44. The number of rotatable bonds is 8. The van der Waals surface area contributed by atoms with Gasteiger partial charge in [-0.3, -0.25) is 4.79 Å². The molecule has 1 aromatic heterocycles. The molecule has 102 valence electrons. The van der Waals surface area contributed by atoms with Gasteiger partial charge in [0.2, 0.25) is 5.91 Å². The van der Waals surface area contributed by atoms with Crippen LogP contribution in [0.5, 0.6) is 0 Å². The Morgan fingerprint density at radius 2 is 2.28 bits per heavy atom. The van der Waals surface area contributed by atoms with Gasteiger partial charge in [-0.15, -0.1) is 0 Å². The van der Waals surface area contributed by atoms with Crippen LogP contribution in [0.2, 0.25) is 0 Å². The van der Waals surface area contributed by atoms with Crippen molar-refractivity contribution in [2.24, 2.45) is 5.92 Å². The minimum Gasteiger partial charge on any atom is -0.396 e. The second-order valence-electron chi connectivity index (χ2n) is 4.46. The van der Waals surface area contributed by atoms with Crippen LogP contribution in [-0.2, 0) is 4.79 Å². The van der Waals surface area contributed by atoms with Crippen LogP contribution >= 0.6 is 0 Å². The van der Waals surface area contributed by atoms with E-state index in [1.807, 2.05) is 0 Å². The molecule has 1 aromatic rings. The first-order valence-electron chi connectivity index (χ1n) is 6.41. The highest BCUT2D eigenvalue weighted by Gasteiger charge is 2.16. The molecule has 18 heavy (non-hydrogen) atoms. The normalized spacial score (nSPS) is 14.2. The second kappa shape index (κ2) is 7.81. The average Bonchev–Trinajstić information content (AvgIpc) is 2.89. The summed E-state index contributed by atoms with van der Waals surface area (Å²) >= 11 is 0. The maximum atomic E-state index is 11.9. The fourth-order valence-electron chi connectivity index (χ4n) is 1.87. The molecular weight excluding hydrogens is 232 g/mol. The molecule has 0 aromatic carbocycles. The van der Waals surface area contributed by atoms with E-state index in [2.05, 4.69) is 22.3 Å². The van der Waals surface area contributed by atoms with Crippen molar-refractivity contribution < 1.29 is 9.90 Å². The third-order valence-corrected chi connectivity index (χ3v) is 3.01. The van der Waals surface area contributed by atoms with Gasteiger partial charge < -0.3 is 10.4 Å². The molecule has 0 radical (unpaired) electrons. The molecule has 0 fully saturated rings. The van der Waals surface area contributed by atoms with Gasteiger partial charge in [0.15, 0.2) is 0 Å². The Morgan fingerprint density at radius 3 is 2.83 bits per heavy atom.